The van der Waals surface area contributed by atoms with Crippen molar-refractivity contribution in [2.75, 3.05) is 6.26 Å². The van der Waals surface area contributed by atoms with Gasteiger partial charge >= 0.3 is 17.1 Å². The molecule has 0 aliphatic carbocycles. The van der Waals surface area contributed by atoms with Crippen LogP contribution in [0.15, 0.2) is 360 Å². The highest BCUT2D eigenvalue weighted by atomic mass is 32.1. The molecule has 0 aliphatic heterocycles. The van der Waals surface area contributed by atoms with E-state index in [1.165, 1.54) is 168 Å². The molecule has 6 nitrogen and oxygen atoms in total. The number of thiol groups is 1. The van der Waals surface area contributed by atoms with Gasteiger partial charge in [-0.05, 0) is 185 Å². The maximum atomic E-state index is 11.1. The summed E-state index contributed by atoms with van der Waals surface area (Å²) in [7, 11) is 3.97. The van der Waals surface area contributed by atoms with E-state index in [4.69, 9.17) is 0 Å². The van der Waals surface area contributed by atoms with Crippen molar-refractivity contribution in [2.24, 2.45) is 21.1 Å². The van der Waals surface area contributed by atoms with Gasteiger partial charge in [0.15, 0.2) is 0 Å². The molecule has 1 heterocycles. The largest absolute Gasteiger partial charge is 0.335 e. The van der Waals surface area contributed by atoms with Crippen LogP contribution in [0.1, 0.15) is 313 Å². The minimum atomic E-state index is -0.608. The monoisotopic (exact) mass is 1920 g/mol. The van der Waals surface area contributed by atoms with Gasteiger partial charge in [-0.15, -0.1) is 0 Å². The molecule has 0 spiro atoms. The van der Waals surface area contributed by atoms with Crippen molar-refractivity contribution in [1.82, 2.24) is 13.7 Å². The average Bonchev–Trinajstić information content (AvgIpc) is 0.812. The van der Waals surface area contributed by atoms with Crippen LogP contribution in [0.25, 0.3) is 21.5 Å². The Labute approximate surface area is 866 Å². The summed E-state index contributed by atoms with van der Waals surface area (Å²) in [5, 5.41) is 5.24. The summed E-state index contributed by atoms with van der Waals surface area (Å²) in [6.45, 7) is 78.0. The van der Waals surface area contributed by atoms with E-state index in [-0.39, 0.29) is 38.5 Å². The first-order valence-electron chi connectivity index (χ1n) is 50.1. The molecule has 140 heavy (non-hydrogen) atoms. The molecule has 0 radical (unpaired) electrons. The zero-order valence-corrected chi connectivity index (χ0v) is 94.4. The third-order valence-electron chi connectivity index (χ3n) is 20.9. The van der Waals surface area contributed by atoms with Gasteiger partial charge in [0.25, 0.3) is 0 Å². The quantitative estimate of drug-likeness (QED) is 0.169. The number of benzene rings is 14. The summed E-state index contributed by atoms with van der Waals surface area (Å²) in [5.41, 5.74) is 24.0. The molecule has 0 atom stereocenters. The second-order valence-electron chi connectivity index (χ2n) is 33.3. The van der Waals surface area contributed by atoms with Crippen LogP contribution in [0.3, 0.4) is 0 Å². The lowest BCUT2D eigenvalue weighted by atomic mass is 9.78. The summed E-state index contributed by atoms with van der Waals surface area (Å²) in [6.07, 6.45) is 5.44. The first-order valence-corrected chi connectivity index (χ1v) is 51.0. The third-order valence-corrected chi connectivity index (χ3v) is 20.9. The molecule has 1 aromatic heterocycles. The molecule has 0 N–H and O–H groups in total. The van der Waals surface area contributed by atoms with Crippen molar-refractivity contribution in [2.45, 2.75) is 314 Å². The van der Waals surface area contributed by atoms with E-state index < -0.39 is 17.1 Å². The second kappa shape index (κ2) is 86.5. The summed E-state index contributed by atoms with van der Waals surface area (Å²) in [6, 6.07) is 122. The van der Waals surface area contributed by atoms with Crippen LogP contribution in [0.4, 0.5) is 0 Å². The Hall–Kier alpha value is -11.6. The lowest BCUT2D eigenvalue weighted by Gasteiger charge is -2.26. The lowest BCUT2D eigenvalue weighted by Crippen LogP contribution is -2.51. The second-order valence-corrected chi connectivity index (χ2v) is 33.3. The minimum Gasteiger partial charge on any atom is -0.248 e. The maximum Gasteiger partial charge on any atom is 0.335 e. The Morgan fingerprint density at radius 2 is 0.286 bits per heavy atom. The Balaban J connectivity index is -0.000000227. The van der Waals surface area contributed by atoms with Gasteiger partial charge in [0, 0.05) is 37.4 Å². The van der Waals surface area contributed by atoms with E-state index in [2.05, 4.69) is 513 Å². The normalized spacial score (nSPS) is 9.21. The van der Waals surface area contributed by atoms with Gasteiger partial charge in [-0.1, -0.05) is 592 Å². The zero-order chi connectivity index (χ0) is 106. The Morgan fingerprint density at radius 1 is 0.186 bits per heavy atom. The Kier molecular flexibility index (Phi) is 88.8. The number of aromatic nitrogens is 3. The van der Waals surface area contributed by atoms with Crippen molar-refractivity contribution in [3.05, 3.63) is 483 Å². The molecule has 0 saturated carbocycles. The molecule has 0 unspecified atom stereocenters. The average molecular weight is 1920 g/mol. The molecule has 770 valence electrons. The summed E-state index contributed by atoms with van der Waals surface area (Å²) in [4.78, 5) is 33.2. The number of fused-ring (bicyclic) bond motifs is 2. The van der Waals surface area contributed by atoms with Crippen molar-refractivity contribution >= 4 is 34.2 Å². The number of rotatable bonds is 6. The van der Waals surface area contributed by atoms with Crippen molar-refractivity contribution < 1.29 is 0 Å². The highest BCUT2D eigenvalue weighted by Crippen LogP contribution is 2.34. The molecule has 0 fully saturated rings. The van der Waals surface area contributed by atoms with Crippen molar-refractivity contribution in [3.63, 3.8) is 0 Å². The van der Waals surface area contributed by atoms with Gasteiger partial charge in [0.2, 0.25) is 0 Å². The molecular formula is C133H199N3O3S. The first-order chi connectivity index (χ1) is 65.4. The van der Waals surface area contributed by atoms with Crippen molar-refractivity contribution in [3.8, 4) is 0 Å². The van der Waals surface area contributed by atoms with Crippen molar-refractivity contribution in [1.29, 1.82) is 0 Å². The molecule has 15 rings (SSSR count). The standard InChI is InChI=1S/3C17H20.2C10H8.3C8H10.C7H8.C6H9N3O3.3C3H8.6C2H6.CH4S.3CH4/c3*1-13-5-9-15(10-6-13)17(3,4)16-11-7-14(2)8-12-16;2*1-2-6-10-8-4-3-7-9(10)5-1;3*1-7-5-3-4-6-8(7)2;1-7-5-3-2-4-6-7;1-7-4(10)8(2)6(12)9(3)5(7)11;3*1-3-2;7*1-2;;;/h3*5-12H,1-4H3;2*1-8H;3*3-6H,1-2H3;2-6H,1H3;1-3H3;3*3H2,1-2H3;6*1-2H3;2H,1H3;3*1H4. The van der Waals surface area contributed by atoms with Crippen LogP contribution in [0.2, 0.25) is 0 Å². The fourth-order valence-corrected chi connectivity index (χ4v) is 12.0. The minimum absolute atomic E-state index is 0. The van der Waals surface area contributed by atoms with Crippen LogP contribution in [0, 0.1) is 90.0 Å². The van der Waals surface area contributed by atoms with Gasteiger partial charge in [-0.25, -0.2) is 28.1 Å². The molecule has 15 aromatic rings. The van der Waals surface area contributed by atoms with E-state index >= 15 is 0 Å². The molecule has 14 aromatic carbocycles. The molecule has 0 saturated heterocycles. The van der Waals surface area contributed by atoms with Gasteiger partial charge < -0.3 is 0 Å². The number of aryl methyl sites for hydroxylation is 13. The smallest absolute Gasteiger partial charge is 0.248 e. The first kappa shape index (κ1) is 144. The van der Waals surface area contributed by atoms with Crippen LogP contribution >= 0.6 is 12.6 Å². The van der Waals surface area contributed by atoms with Crippen LogP contribution in [0.5, 0.6) is 0 Å². The van der Waals surface area contributed by atoms with Gasteiger partial charge in [-0.3, -0.25) is 0 Å². The molecule has 0 aliphatic rings. The summed E-state index contributed by atoms with van der Waals surface area (Å²) < 4.78 is 2.63. The third kappa shape index (κ3) is 57.8. The van der Waals surface area contributed by atoms with Crippen LogP contribution < -0.4 is 17.1 Å². The highest BCUT2D eigenvalue weighted by Gasteiger charge is 2.25. The topological polar surface area (TPSA) is 66.0 Å². The van der Waals surface area contributed by atoms with Gasteiger partial charge in [-0.2, -0.15) is 12.6 Å². The van der Waals surface area contributed by atoms with E-state index in [1.54, 1.807) is 6.26 Å². The number of nitrogens with zero attached hydrogens (tertiary/aromatic N) is 3. The van der Waals surface area contributed by atoms with E-state index in [1.807, 2.05) is 101 Å². The molecular weight excluding hydrogens is 1720 g/mol. The van der Waals surface area contributed by atoms with Crippen LogP contribution in [-0.4, -0.2) is 20.0 Å². The maximum absolute atomic E-state index is 11.1. The fraction of sp³-hybridized carbons (Fsp3) is 0.376. The van der Waals surface area contributed by atoms with E-state index in [0.717, 1.165) is 13.7 Å². The molecule has 0 amide bonds. The Morgan fingerprint density at radius 3 is 0.386 bits per heavy atom. The fourth-order valence-electron chi connectivity index (χ4n) is 12.0. The summed E-state index contributed by atoms with van der Waals surface area (Å²) in [5.74, 6) is 0. The van der Waals surface area contributed by atoms with E-state index in [9.17, 15) is 14.4 Å². The summed E-state index contributed by atoms with van der Waals surface area (Å²) >= 11 is 3.53. The van der Waals surface area contributed by atoms with Crippen LogP contribution in [-0.2, 0) is 37.4 Å². The number of hydrogen-bond acceptors (Lipinski definition) is 4. The molecule has 7 heteroatoms. The van der Waals surface area contributed by atoms with Gasteiger partial charge in [0.05, 0.1) is 0 Å². The highest BCUT2D eigenvalue weighted by molar-refractivity contribution is 7.79. The Bertz CT molecular complexity index is 4770. The van der Waals surface area contributed by atoms with E-state index in [0.29, 0.717) is 0 Å². The SMILES string of the molecule is C.C.C.CC.CC.CC.CC.CC.CC.CCC.CCC.CCC.CS.Cc1ccc(C(C)(C)c2ccc(C)cc2)cc1.Cc1ccc(C(C)(C)c2ccc(C)cc2)cc1.Cc1ccc(C(C)(C)c2ccc(C)cc2)cc1.Cc1ccccc1.Cc1ccccc1C.Cc1ccccc1C.Cc1ccccc1C.Cn1c(=O)n(C)c(=O)n(C)c1=O.c1ccc2ccccc2c1.c1ccc2ccccc2c1. The predicted octanol–water partition coefficient (Wildman–Crippen LogP) is 39.1. The number of hydrogen-bond donors (Lipinski definition) is 1. The molecule has 0 bridgehead atoms. The lowest BCUT2D eigenvalue weighted by molar-refractivity contribution is 0.551. The van der Waals surface area contributed by atoms with Gasteiger partial charge in [0.1, 0.15) is 0 Å². The zero-order valence-electron chi connectivity index (χ0n) is 93.5. The predicted molar refractivity (Wildman–Crippen MR) is 644 cm³/mol.